The average Bonchev–Trinajstić information content (AvgIpc) is 3.57. The van der Waals surface area contributed by atoms with E-state index in [1.165, 1.54) is 26.4 Å². The maximum Gasteiger partial charge on any atom is 0.347 e. The smallest absolute Gasteiger partial charge is 0.347 e. The van der Waals surface area contributed by atoms with E-state index in [2.05, 4.69) is 6.58 Å². The summed E-state index contributed by atoms with van der Waals surface area (Å²) < 4.78 is 49.3. The lowest BCUT2D eigenvalue weighted by Crippen LogP contribution is -2.19. The molecule has 0 amide bonds. The molecule has 0 unspecified atom stereocenters. The molecule has 2 aliphatic heterocycles. The van der Waals surface area contributed by atoms with Crippen molar-refractivity contribution in [3.05, 3.63) is 55.4 Å². The Morgan fingerprint density at radius 2 is 1.29 bits per heavy atom. The summed E-state index contributed by atoms with van der Waals surface area (Å²) >= 11 is 4.42. The van der Waals surface area contributed by atoms with Crippen LogP contribution in [0.4, 0.5) is 0 Å². The maximum absolute atomic E-state index is 13.5. The van der Waals surface area contributed by atoms with Crippen molar-refractivity contribution in [2.24, 2.45) is 0 Å². The lowest BCUT2D eigenvalue weighted by Gasteiger charge is -2.14. The Morgan fingerprint density at radius 3 is 1.66 bits per heavy atom. The molecule has 0 atom stereocenters. The molecule has 4 rings (SSSR count). The third-order valence-electron chi connectivity index (χ3n) is 5.57. The van der Waals surface area contributed by atoms with Crippen LogP contribution in [0.2, 0.25) is 0 Å². The second-order valence-corrected chi connectivity index (χ2v) is 14.4. The van der Waals surface area contributed by atoms with Gasteiger partial charge < -0.3 is 18.9 Å². The van der Waals surface area contributed by atoms with E-state index in [1.807, 2.05) is 6.07 Å². The van der Waals surface area contributed by atoms with Gasteiger partial charge in [-0.05, 0) is 31.5 Å². The second kappa shape index (κ2) is 12.9. The Balaban J connectivity index is 1.83. The molecule has 2 heterocycles. The molecule has 0 aliphatic carbocycles. The van der Waals surface area contributed by atoms with Crippen LogP contribution in [0.3, 0.4) is 0 Å². The van der Waals surface area contributed by atoms with Gasteiger partial charge in [0, 0.05) is 0 Å². The molecule has 9 nitrogen and oxygen atoms in total. The summed E-state index contributed by atoms with van der Waals surface area (Å²) in [6.45, 7) is 7.09. The van der Waals surface area contributed by atoms with Crippen LogP contribution < -0.4 is 9.47 Å². The van der Waals surface area contributed by atoms with Gasteiger partial charge in [-0.2, -0.15) is 5.26 Å². The predicted molar refractivity (Wildman–Crippen MR) is 160 cm³/mol. The number of ether oxygens (including phenoxy) is 4. The van der Waals surface area contributed by atoms with Crippen molar-refractivity contribution in [2.75, 3.05) is 27.4 Å². The highest BCUT2D eigenvalue weighted by molar-refractivity contribution is 8.26. The molecule has 2 aromatic carbocycles. The van der Waals surface area contributed by atoms with Gasteiger partial charge in [-0.3, -0.25) is 0 Å². The summed E-state index contributed by atoms with van der Waals surface area (Å²) in [7, 11) is -1.22. The number of allylic oxidation sites excluding steroid dienone is 1. The first-order valence-corrected chi connectivity index (χ1v) is 16.6. The SMILES string of the molecule is C=Cc1ccc(S(=O)(=O)C(C#N)=C2Sc3c(OC)c4c(c(OC)c3S2)SC(=C(C(=O)OCC)C(=O)OCC)S4)cc1. The topological polar surface area (TPSA) is 129 Å². The molecule has 0 bridgehead atoms. The first-order chi connectivity index (χ1) is 19.7. The molecule has 0 aromatic heterocycles. The highest BCUT2D eigenvalue weighted by Gasteiger charge is 2.41. The molecule has 0 saturated carbocycles. The van der Waals surface area contributed by atoms with Crippen LogP contribution in [0.15, 0.2) is 74.3 Å². The van der Waals surface area contributed by atoms with Gasteiger partial charge in [0.2, 0.25) is 9.84 Å². The Kier molecular flexibility index (Phi) is 9.76. The number of esters is 2. The number of fused-ring (bicyclic) bond motifs is 2. The zero-order valence-electron chi connectivity index (χ0n) is 22.3. The van der Waals surface area contributed by atoms with E-state index in [9.17, 15) is 23.3 Å². The number of nitriles is 1. The van der Waals surface area contributed by atoms with Gasteiger partial charge in [-0.1, -0.05) is 71.8 Å². The summed E-state index contributed by atoms with van der Waals surface area (Å²) in [5.41, 5.74) is 0.513. The number of hydrogen-bond acceptors (Lipinski definition) is 13. The number of hydrogen-bond donors (Lipinski definition) is 0. The van der Waals surface area contributed by atoms with Crippen LogP contribution in [0.5, 0.6) is 11.5 Å². The minimum absolute atomic E-state index is 0.0166. The highest BCUT2D eigenvalue weighted by Crippen LogP contribution is 2.68. The van der Waals surface area contributed by atoms with Gasteiger partial charge >= 0.3 is 11.9 Å². The van der Waals surface area contributed by atoms with E-state index in [0.717, 1.165) is 52.6 Å². The number of sulfone groups is 1. The predicted octanol–water partition coefficient (Wildman–Crippen LogP) is 6.25. The van der Waals surface area contributed by atoms with Crippen molar-refractivity contribution in [3.63, 3.8) is 0 Å². The minimum atomic E-state index is -4.14. The minimum Gasteiger partial charge on any atom is -0.494 e. The van der Waals surface area contributed by atoms with Crippen LogP contribution >= 0.6 is 47.0 Å². The van der Waals surface area contributed by atoms with Crippen LogP contribution in [-0.4, -0.2) is 47.8 Å². The number of methoxy groups -OCH3 is 2. The fourth-order valence-corrected chi connectivity index (χ4v) is 11.1. The molecule has 14 heteroatoms. The van der Waals surface area contributed by atoms with Crippen molar-refractivity contribution in [1.82, 2.24) is 0 Å². The normalized spacial score (nSPS) is 13.5. The quantitative estimate of drug-likeness (QED) is 0.0999. The molecular weight excluding hydrogens is 627 g/mol. The first kappa shape index (κ1) is 31.0. The van der Waals surface area contributed by atoms with Gasteiger partial charge in [0.05, 0.1) is 60.4 Å². The molecule has 0 radical (unpaired) electrons. The van der Waals surface area contributed by atoms with Crippen LogP contribution in [0.1, 0.15) is 19.4 Å². The van der Waals surface area contributed by atoms with Crippen molar-refractivity contribution < 1.29 is 37.0 Å². The molecule has 2 aliphatic rings. The molecule has 41 heavy (non-hydrogen) atoms. The molecule has 2 aromatic rings. The third kappa shape index (κ3) is 5.74. The number of thioether (sulfide) groups is 4. The number of rotatable bonds is 9. The summed E-state index contributed by atoms with van der Waals surface area (Å²) in [5, 5.41) is 9.98. The van der Waals surface area contributed by atoms with E-state index < -0.39 is 26.7 Å². The van der Waals surface area contributed by atoms with E-state index in [1.54, 1.807) is 32.1 Å². The largest absolute Gasteiger partial charge is 0.494 e. The highest BCUT2D eigenvalue weighted by atomic mass is 32.2. The summed E-state index contributed by atoms with van der Waals surface area (Å²) in [5.74, 6) is -0.822. The Hall–Kier alpha value is -2.96. The third-order valence-corrected chi connectivity index (χ3v) is 12.7. The van der Waals surface area contributed by atoms with E-state index >= 15 is 0 Å². The van der Waals surface area contributed by atoms with E-state index in [4.69, 9.17) is 18.9 Å². The summed E-state index contributed by atoms with van der Waals surface area (Å²) in [4.78, 5) is 27.3. The molecule has 0 spiro atoms. The Morgan fingerprint density at radius 1 is 0.854 bits per heavy atom. The molecule has 0 saturated heterocycles. The number of carbonyl (C=O) groups excluding carboxylic acids is 2. The number of carbonyl (C=O) groups is 2. The molecular formula is C27H23NO8S5. The monoisotopic (exact) mass is 649 g/mol. The molecule has 0 fully saturated rings. The van der Waals surface area contributed by atoms with E-state index in [0.29, 0.717) is 35.3 Å². The zero-order chi connectivity index (χ0) is 29.9. The average molecular weight is 650 g/mol. The molecule has 214 valence electrons. The van der Waals surface area contributed by atoms with Crippen molar-refractivity contribution in [3.8, 4) is 17.6 Å². The van der Waals surface area contributed by atoms with Gasteiger partial charge in [-0.25, -0.2) is 18.0 Å². The van der Waals surface area contributed by atoms with Gasteiger partial charge in [0.1, 0.15) is 17.6 Å². The zero-order valence-corrected chi connectivity index (χ0v) is 26.3. The van der Waals surface area contributed by atoms with Gasteiger partial charge in [-0.15, -0.1) is 0 Å². The second-order valence-electron chi connectivity index (χ2n) is 7.90. The van der Waals surface area contributed by atoms with Crippen LogP contribution in [0, 0.1) is 11.3 Å². The number of benzene rings is 2. The van der Waals surface area contributed by atoms with Crippen molar-refractivity contribution in [1.29, 1.82) is 5.26 Å². The van der Waals surface area contributed by atoms with Crippen molar-refractivity contribution in [2.45, 2.75) is 38.3 Å². The lowest BCUT2D eigenvalue weighted by atomic mass is 10.2. The summed E-state index contributed by atoms with van der Waals surface area (Å²) in [6.07, 6.45) is 1.59. The van der Waals surface area contributed by atoms with Crippen LogP contribution in [-0.2, 0) is 28.9 Å². The van der Waals surface area contributed by atoms with Gasteiger partial charge in [0.25, 0.3) is 0 Å². The van der Waals surface area contributed by atoms with Crippen molar-refractivity contribution >= 4 is 74.9 Å². The Bertz CT molecular complexity index is 1590. The van der Waals surface area contributed by atoms with E-state index in [-0.39, 0.29) is 27.9 Å². The maximum atomic E-state index is 13.5. The first-order valence-electron chi connectivity index (χ1n) is 11.9. The summed E-state index contributed by atoms with van der Waals surface area (Å²) in [6, 6.07) is 7.97. The standard InChI is InChI=1S/C27H23NO8S5/c1-6-14-9-11-15(12-10-14)41(31,32)16(13-28)26-37-20-18(33-4)22-23(19(34-5)21(20)38-26)40-27(39-22)17(24(29)35-7-2)25(30)36-8-3/h6,9-12H,1,7-8H2,2-5H3. The van der Waals surface area contributed by atoms with Gasteiger partial charge in [0.15, 0.2) is 10.5 Å². The Labute approximate surface area is 254 Å². The number of nitrogens with zero attached hydrogens (tertiary/aromatic N) is 1. The lowest BCUT2D eigenvalue weighted by molar-refractivity contribution is -0.146. The fourth-order valence-electron chi connectivity index (χ4n) is 3.74. The van der Waals surface area contributed by atoms with Crippen LogP contribution in [0.25, 0.3) is 6.08 Å². The molecule has 0 N–H and O–H groups in total. The fraction of sp³-hybridized carbons (Fsp3) is 0.222.